The molecule has 2 aliphatic rings. The van der Waals surface area contributed by atoms with E-state index in [1.165, 1.54) is 4.31 Å². The number of carbonyl (C=O) groups is 2. The number of ether oxygens (including phenoxy) is 1. The lowest BCUT2D eigenvalue weighted by Crippen LogP contribution is -2.43. The first-order chi connectivity index (χ1) is 15.6. The van der Waals surface area contributed by atoms with Crippen LogP contribution in [0.2, 0.25) is 0 Å². The van der Waals surface area contributed by atoms with Crippen LogP contribution < -0.4 is 15.0 Å². The zero-order valence-corrected chi connectivity index (χ0v) is 20.1. The summed E-state index contributed by atoms with van der Waals surface area (Å²) in [6, 6.07) is 11.9. The van der Waals surface area contributed by atoms with Crippen molar-refractivity contribution >= 4 is 33.2 Å². The summed E-state index contributed by atoms with van der Waals surface area (Å²) in [5, 5.41) is 2.87. The van der Waals surface area contributed by atoms with Crippen molar-refractivity contribution in [1.82, 2.24) is 4.31 Å². The monoisotopic (exact) mass is 471 g/mol. The number of nitrogens with one attached hydrogen (secondary N) is 1. The Balaban J connectivity index is 1.54. The van der Waals surface area contributed by atoms with Gasteiger partial charge in [-0.1, -0.05) is 6.07 Å². The molecule has 8 nitrogen and oxygen atoms in total. The van der Waals surface area contributed by atoms with Gasteiger partial charge < -0.3 is 15.0 Å². The number of likely N-dealkylation sites (N-methyl/N-ethyl adjacent to an activating group) is 1. The molecule has 0 saturated carbocycles. The summed E-state index contributed by atoms with van der Waals surface area (Å²) < 4.78 is 33.5. The van der Waals surface area contributed by atoms with Crippen LogP contribution in [0.15, 0.2) is 47.4 Å². The molecule has 1 atom stereocenters. The minimum absolute atomic E-state index is 0.0701. The molecule has 0 unspecified atom stereocenters. The second kappa shape index (κ2) is 8.46. The van der Waals surface area contributed by atoms with Crippen LogP contribution in [0.5, 0.6) is 5.75 Å². The number of carbonyl (C=O) groups excluding carboxylic acids is 2. The number of piperidine rings is 1. The van der Waals surface area contributed by atoms with E-state index in [1.807, 2.05) is 0 Å². The normalized spacial score (nSPS) is 20.4. The fourth-order valence-electron chi connectivity index (χ4n) is 4.58. The number of methoxy groups -OCH3 is 1. The molecule has 9 heteroatoms. The fourth-order valence-corrected chi connectivity index (χ4v) is 6.13. The summed E-state index contributed by atoms with van der Waals surface area (Å²) in [6.45, 7) is 4.06. The fraction of sp³-hybridized carbons (Fsp3) is 0.417. The molecule has 2 aromatic rings. The Morgan fingerprint density at radius 2 is 1.94 bits per heavy atom. The molecular weight excluding hydrogens is 442 g/mol. The predicted octanol–water partition coefficient (Wildman–Crippen LogP) is 2.99. The van der Waals surface area contributed by atoms with E-state index >= 15 is 0 Å². The van der Waals surface area contributed by atoms with E-state index < -0.39 is 21.4 Å². The maximum absolute atomic E-state index is 13.5. The number of rotatable bonds is 5. The lowest BCUT2D eigenvalue weighted by molar-refractivity contribution is -0.122. The lowest BCUT2D eigenvalue weighted by Gasteiger charge is -2.31. The highest BCUT2D eigenvalue weighted by Crippen LogP contribution is 2.42. The Kier molecular flexibility index (Phi) is 5.96. The van der Waals surface area contributed by atoms with E-state index in [4.69, 9.17) is 4.74 Å². The molecule has 176 valence electrons. The molecule has 2 aliphatic heterocycles. The van der Waals surface area contributed by atoms with Gasteiger partial charge in [0.15, 0.2) is 0 Å². The molecule has 2 heterocycles. The van der Waals surface area contributed by atoms with E-state index in [-0.39, 0.29) is 23.3 Å². The van der Waals surface area contributed by atoms with Gasteiger partial charge >= 0.3 is 0 Å². The van der Waals surface area contributed by atoms with Gasteiger partial charge in [-0.2, -0.15) is 4.31 Å². The molecule has 2 amide bonds. The third kappa shape index (κ3) is 4.11. The van der Waals surface area contributed by atoms with Gasteiger partial charge in [-0.15, -0.1) is 0 Å². The van der Waals surface area contributed by atoms with E-state index in [1.54, 1.807) is 75.4 Å². The number of amides is 2. The van der Waals surface area contributed by atoms with Crippen molar-refractivity contribution in [3.63, 3.8) is 0 Å². The second-order valence-electron chi connectivity index (χ2n) is 9.09. The Labute approximate surface area is 194 Å². The number of anilines is 2. The number of nitrogens with zero attached hydrogens (tertiary/aromatic N) is 2. The highest BCUT2D eigenvalue weighted by Gasteiger charge is 2.43. The van der Waals surface area contributed by atoms with Gasteiger partial charge in [-0.05, 0) is 62.6 Å². The zero-order valence-electron chi connectivity index (χ0n) is 19.3. The van der Waals surface area contributed by atoms with Crippen molar-refractivity contribution in [2.45, 2.75) is 37.0 Å². The molecule has 4 rings (SSSR count). The molecule has 0 aliphatic carbocycles. The first-order valence-corrected chi connectivity index (χ1v) is 12.4. The van der Waals surface area contributed by atoms with Crippen LogP contribution in [0.3, 0.4) is 0 Å². The Bertz CT molecular complexity index is 1210. The molecule has 0 spiro atoms. The van der Waals surface area contributed by atoms with Crippen molar-refractivity contribution < 1.29 is 22.7 Å². The number of benzene rings is 2. The van der Waals surface area contributed by atoms with Gasteiger partial charge in [0.25, 0.3) is 0 Å². The average Bonchev–Trinajstić information content (AvgIpc) is 2.99. The highest BCUT2D eigenvalue weighted by atomic mass is 32.2. The number of sulfonamides is 1. The predicted molar refractivity (Wildman–Crippen MR) is 126 cm³/mol. The molecule has 0 aromatic heterocycles. The van der Waals surface area contributed by atoms with E-state index in [2.05, 4.69) is 5.32 Å². The first-order valence-electron chi connectivity index (χ1n) is 10.9. The van der Waals surface area contributed by atoms with Crippen molar-refractivity contribution in [2.24, 2.45) is 5.92 Å². The van der Waals surface area contributed by atoms with E-state index in [9.17, 15) is 18.0 Å². The van der Waals surface area contributed by atoms with Crippen molar-refractivity contribution in [1.29, 1.82) is 0 Å². The van der Waals surface area contributed by atoms with Crippen molar-refractivity contribution in [3.05, 3.63) is 48.0 Å². The topological polar surface area (TPSA) is 96.0 Å². The summed E-state index contributed by atoms with van der Waals surface area (Å²) in [5.74, 6) is -0.118. The van der Waals surface area contributed by atoms with Gasteiger partial charge in [0, 0.05) is 37.6 Å². The maximum atomic E-state index is 13.5. The molecule has 33 heavy (non-hydrogen) atoms. The van der Waals surface area contributed by atoms with Crippen molar-refractivity contribution in [3.8, 4) is 5.75 Å². The minimum Gasteiger partial charge on any atom is -0.497 e. The number of fused-ring (bicyclic) bond motifs is 1. The largest absolute Gasteiger partial charge is 0.497 e. The molecule has 1 fully saturated rings. The molecule has 0 radical (unpaired) electrons. The third-order valence-corrected chi connectivity index (χ3v) is 8.43. The summed E-state index contributed by atoms with van der Waals surface area (Å²) in [4.78, 5) is 27.1. The second-order valence-corrected chi connectivity index (χ2v) is 11.0. The van der Waals surface area contributed by atoms with Crippen LogP contribution >= 0.6 is 0 Å². The standard InChI is InChI=1S/C24H29N3O5S/c1-24(2)20-14-19(10-11-21(20)26(3)23(24)29)33(30,31)27-12-6-7-16(15-27)22(28)25-17-8-5-9-18(13-17)32-4/h5,8-11,13-14,16H,6-7,12,15H2,1-4H3,(H,25,28)/t16-/m0/s1. The summed E-state index contributed by atoms with van der Waals surface area (Å²) in [6.07, 6.45) is 1.20. The van der Waals surface area contributed by atoms with Crippen LogP contribution in [-0.4, -0.2) is 51.8 Å². The molecular formula is C24H29N3O5S. The van der Waals surface area contributed by atoms with Crippen LogP contribution in [0.25, 0.3) is 0 Å². The van der Waals surface area contributed by atoms with Gasteiger partial charge in [0.1, 0.15) is 5.75 Å². The average molecular weight is 472 g/mol. The quantitative estimate of drug-likeness (QED) is 0.723. The smallest absolute Gasteiger partial charge is 0.243 e. The summed E-state index contributed by atoms with van der Waals surface area (Å²) in [5.41, 5.74) is 1.23. The minimum atomic E-state index is -3.82. The van der Waals surface area contributed by atoms with Crippen LogP contribution in [0.1, 0.15) is 32.3 Å². The van der Waals surface area contributed by atoms with Gasteiger partial charge in [0.2, 0.25) is 21.8 Å². The summed E-state index contributed by atoms with van der Waals surface area (Å²) >= 11 is 0. The third-order valence-electron chi connectivity index (χ3n) is 6.57. The first kappa shape index (κ1) is 23.3. The number of hydrogen-bond acceptors (Lipinski definition) is 5. The molecule has 0 bridgehead atoms. The van der Waals surface area contributed by atoms with Crippen LogP contribution in [-0.2, 0) is 25.0 Å². The Morgan fingerprint density at radius 1 is 1.18 bits per heavy atom. The Morgan fingerprint density at radius 3 is 2.67 bits per heavy atom. The molecule has 2 aromatic carbocycles. The highest BCUT2D eigenvalue weighted by molar-refractivity contribution is 7.89. The maximum Gasteiger partial charge on any atom is 0.243 e. The SMILES string of the molecule is COc1cccc(NC(=O)[C@H]2CCCN(S(=O)(=O)c3ccc4c(c3)C(C)(C)C(=O)N4C)C2)c1. The molecule has 1 saturated heterocycles. The number of hydrogen-bond donors (Lipinski definition) is 1. The van der Waals surface area contributed by atoms with Gasteiger partial charge in [-0.25, -0.2) is 8.42 Å². The van der Waals surface area contributed by atoms with E-state index in [0.29, 0.717) is 36.4 Å². The van der Waals surface area contributed by atoms with Crippen LogP contribution in [0, 0.1) is 5.92 Å². The van der Waals surface area contributed by atoms with Gasteiger partial charge in [-0.3, -0.25) is 9.59 Å². The lowest BCUT2D eigenvalue weighted by atomic mass is 9.86. The van der Waals surface area contributed by atoms with Crippen molar-refractivity contribution in [2.75, 3.05) is 37.5 Å². The van der Waals surface area contributed by atoms with Crippen LogP contribution in [0.4, 0.5) is 11.4 Å². The summed E-state index contributed by atoms with van der Waals surface area (Å²) in [7, 11) is -0.566. The zero-order chi connectivity index (χ0) is 24.0. The van der Waals surface area contributed by atoms with E-state index in [0.717, 1.165) is 5.69 Å². The molecule has 1 N–H and O–H groups in total. The van der Waals surface area contributed by atoms with Gasteiger partial charge in [0.05, 0.1) is 23.3 Å². The Hall–Kier alpha value is -2.91.